The number of carbonyl (C=O) groups excluding carboxylic acids is 1. The summed E-state index contributed by atoms with van der Waals surface area (Å²) in [4.78, 5) is 29.8. The van der Waals surface area contributed by atoms with Gasteiger partial charge in [0.2, 0.25) is 5.91 Å². The van der Waals surface area contributed by atoms with E-state index in [1.807, 2.05) is 36.4 Å². The number of hydrogen-bond acceptors (Lipinski definition) is 6. The van der Waals surface area contributed by atoms with Gasteiger partial charge in [0.1, 0.15) is 5.52 Å². The molecule has 30 heavy (non-hydrogen) atoms. The van der Waals surface area contributed by atoms with E-state index in [2.05, 4.69) is 20.6 Å². The fraction of sp³-hybridized carbons (Fsp3) is 0.318. The van der Waals surface area contributed by atoms with Crippen molar-refractivity contribution in [3.8, 4) is 0 Å². The first-order chi connectivity index (χ1) is 14.7. The second kappa shape index (κ2) is 7.95. The lowest BCUT2D eigenvalue weighted by atomic mass is 9.81. The van der Waals surface area contributed by atoms with E-state index in [9.17, 15) is 9.59 Å². The number of hydrogen-bond donors (Lipinski definition) is 1. The maximum Gasteiger partial charge on any atom is 0.277 e. The van der Waals surface area contributed by atoms with Gasteiger partial charge in [-0.25, -0.2) is 9.67 Å². The van der Waals surface area contributed by atoms with Crippen LogP contribution in [-0.2, 0) is 11.3 Å². The normalized spacial score (nSPS) is 19.2. The molecule has 1 fully saturated rings. The van der Waals surface area contributed by atoms with Gasteiger partial charge in [0.15, 0.2) is 5.13 Å². The van der Waals surface area contributed by atoms with Crippen LogP contribution in [0.2, 0.25) is 0 Å². The van der Waals surface area contributed by atoms with Gasteiger partial charge in [-0.05, 0) is 55.9 Å². The topological polar surface area (TPSA) is 89.8 Å². The lowest BCUT2D eigenvalue weighted by molar-refractivity contribution is -0.121. The molecule has 7 nitrogen and oxygen atoms in total. The SMILES string of the molecule is O=C(Nc1nc2ccccc2s1)C1CCC(Cn2nnc3ccccc3c2=O)CC1. The molecule has 0 aliphatic heterocycles. The Bertz CT molecular complexity index is 1240. The number of rotatable bonds is 4. The highest BCUT2D eigenvalue weighted by molar-refractivity contribution is 7.22. The fourth-order valence-electron chi connectivity index (χ4n) is 4.13. The minimum Gasteiger partial charge on any atom is -0.302 e. The molecule has 5 rings (SSSR count). The monoisotopic (exact) mass is 419 g/mol. The van der Waals surface area contributed by atoms with E-state index in [-0.39, 0.29) is 17.4 Å². The van der Waals surface area contributed by atoms with Gasteiger partial charge in [-0.2, -0.15) is 0 Å². The van der Waals surface area contributed by atoms with Crippen LogP contribution in [0.15, 0.2) is 53.3 Å². The van der Waals surface area contributed by atoms with E-state index in [4.69, 9.17) is 0 Å². The van der Waals surface area contributed by atoms with Gasteiger partial charge in [-0.3, -0.25) is 9.59 Å². The van der Waals surface area contributed by atoms with Gasteiger partial charge < -0.3 is 5.32 Å². The van der Waals surface area contributed by atoms with Crippen molar-refractivity contribution in [3.05, 3.63) is 58.9 Å². The molecule has 1 amide bonds. The molecule has 0 radical (unpaired) electrons. The lowest BCUT2D eigenvalue weighted by Crippen LogP contribution is -2.32. The fourth-order valence-corrected chi connectivity index (χ4v) is 5.00. The predicted molar refractivity (Wildman–Crippen MR) is 117 cm³/mol. The second-order valence-electron chi connectivity index (χ2n) is 7.79. The standard InChI is InChI=1S/C22H21N5O2S/c28-20(24-22-23-18-7-3-4-8-19(18)30-22)15-11-9-14(10-12-15)13-27-21(29)16-5-1-2-6-17(16)25-26-27/h1-8,14-15H,9-13H2,(H,23,24,28). The summed E-state index contributed by atoms with van der Waals surface area (Å²) >= 11 is 1.50. The third kappa shape index (κ3) is 3.70. The number of nitrogens with one attached hydrogen (secondary N) is 1. The molecule has 4 aromatic rings. The van der Waals surface area contributed by atoms with Crippen molar-refractivity contribution in [1.82, 2.24) is 20.0 Å². The molecule has 0 spiro atoms. The van der Waals surface area contributed by atoms with E-state index in [0.29, 0.717) is 28.5 Å². The van der Waals surface area contributed by atoms with Gasteiger partial charge in [0.25, 0.3) is 5.56 Å². The highest BCUT2D eigenvalue weighted by atomic mass is 32.1. The van der Waals surface area contributed by atoms with Crippen molar-refractivity contribution < 1.29 is 4.79 Å². The Morgan fingerprint density at radius 3 is 2.57 bits per heavy atom. The molecule has 0 saturated heterocycles. The second-order valence-corrected chi connectivity index (χ2v) is 8.82. The molecule has 2 heterocycles. The first kappa shape index (κ1) is 18.9. The number of nitrogens with zero attached hydrogens (tertiary/aromatic N) is 4. The van der Waals surface area contributed by atoms with Crippen molar-refractivity contribution >= 4 is 43.5 Å². The number of carbonyl (C=O) groups is 1. The molecule has 1 aliphatic carbocycles. The molecule has 8 heteroatoms. The van der Waals surface area contributed by atoms with E-state index in [1.54, 1.807) is 12.1 Å². The quantitative estimate of drug-likeness (QED) is 0.543. The molecule has 2 aromatic heterocycles. The Labute approximate surface area is 176 Å². The van der Waals surface area contributed by atoms with E-state index >= 15 is 0 Å². The van der Waals surface area contributed by atoms with Crippen LogP contribution in [0.5, 0.6) is 0 Å². The maximum absolute atomic E-state index is 12.7. The minimum atomic E-state index is -0.101. The van der Waals surface area contributed by atoms with Crippen LogP contribution >= 0.6 is 11.3 Å². The Kier molecular flexibility index (Phi) is 5.00. The molecule has 1 saturated carbocycles. The van der Waals surface area contributed by atoms with Gasteiger partial charge in [0, 0.05) is 12.5 Å². The zero-order valence-corrected chi connectivity index (χ0v) is 17.1. The molecule has 0 atom stereocenters. The average molecular weight is 420 g/mol. The predicted octanol–water partition coefficient (Wildman–Crippen LogP) is 3.85. The van der Waals surface area contributed by atoms with Crippen LogP contribution in [-0.4, -0.2) is 25.9 Å². The summed E-state index contributed by atoms with van der Waals surface area (Å²) in [5, 5.41) is 12.5. The lowest BCUT2D eigenvalue weighted by Gasteiger charge is -2.27. The summed E-state index contributed by atoms with van der Waals surface area (Å²) in [6.45, 7) is 0.545. The van der Waals surface area contributed by atoms with Crippen molar-refractivity contribution in [2.45, 2.75) is 32.2 Å². The molecule has 1 aliphatic rings. The third-order valence-corrected chi connectivity index (χ3v) is 6.75. The Morgan fingerprint density at radius 2 is 1.77 bits per heavy atom. The number of para-hydroxylation sites is 1. The zero-order chi connectivity index (χ0) is 20.5. The number of aromatic nitrogens is 4. The van der Waals surface area contributed by atoms with Crippen molar-refractivity contribution in [2.24, 2.45) is 11.8 Å². The Morgan fingerprint density at radius 1 is 1.03 bits per heavy atom. The van der Waals surface area contributed by atoms with Crippen molar-refractivity contribution in [1.29, 1.82) is 0 Å². The Balaban J connectivity index is 1.20. The molecular formula is C22H21N5O2S. The van der Waals surface area contributed by atoms with Crippen molar-refractivity contribution in [3.63, 3.8) is 0 Å². The highest BCUT2D eigenvalue weighted by Crippen LogP contribution is 2.31. The summed E-state index contributed by atoms with van der Waals surface area (Å²) in [6.07, 6.45) is 3.38. The van der Waals surface area contributed by atoms with Gasteiger partial charge in [-0.15, -0.1) is 5.10 Å². The summed E-state index contributed by atoms with van der Waals surface area (Å²) in [5.41, 5.74) is 1.42. The van der Waals surface area contributed by atoms with Gasteiger partial charge >= 0.3 is 0 Å². The summed E-state index contributed by atoms with van der Waals surface area (Å²) in [5.74, 6) is 0.340. The summed E-state index contributed by atoms with van der Waals surface area (Å²) in [6, 6.07) is 15.1. The van der Waals surface area contributed by atoms with Crippen LogP contribution < -0.4 is 10.9 Å². The third-order valence-electron chi connectivity index (χ3n) is 5.80. The molecule has 0 unspecified atom stereocenters. The Hall–Kier alpha value is -3.13. The van der Waals surface area contributed by atoms with E-state index < -0.39 is 0 Å². The van der Waals surface area contributed by atoms with Crippen LogP contribution in [0.3, 0.4) is 0 Å². The zero-order valence-electron chi connectivity index (χ0n) is 16.3. The maximum atomic E-state index is 12.7. The molecule has 0 bridgehead atoms. The first-order valence-corrected chi connectivity index (χ1v) is 11.0. The number of benzene rings is 2. The molecular weight excluding hydrogens is 398 g/mol. The van der Waals surface area contributed by atoms with Crippen LogP contribution in [0.4, 0.5) is 5.13 Å². The van der Waals surface area contributed by atoms with Gasteiger partial charge in [0.05, 0.1) is 15.6 Å². The molecule has 2 aromatic carbocycles. The number of fused-ring (bicyclic) bond motifs is 2. The van der Waals surface area contributed by atoms with Crippen LogP contribution in [0.25, 0.3) is 21.1 Å². The summed E-state index contributed by atoms with van der Waals surface area (Å²) in [7, 11) is 0. The van der Waals surface area contributed by atoms with E-state index in [0.717, 1.165) is 35.9 Å². The minimum absolute atomic E-state index is 0.0207. The average Bonchev–Trinajstić information content (AvgIpc) is 3.18. The van der Waals surface area contributed by atoms with Crippen LogP contribution in [0.1, 0.15) is 25.7 Å². The van der Waals surface area contributed by atoms with Crippen molar-refractivity contribution in [2.75, 3.05) is 5.32 Å². The first-order valence-electron chi connectivity index (χ1n) is 10.2. The highest BCUT2D eigenvalue weighted by Gasteiger charge is 2.27. The smallest absolute Gasteiger partial charge is 0.277 e. The molecule has 152 valence electrons. The molecule has 1 N–H and O–H groups in total. The number of anilines is 1. The van der Waals surface area contributed by atoms with Crippen LogP contribution in [0, 0.1) is 11.8 Å². The largest absolute Gasteiger partial charge is 0.302 e. The number of amides is 1. The number of thiazole rings is 1. The van der Waals surface area contributed by atoms with Gasteiger partial charge in [-0.1, -0.05) is 40.8 Å². The van der Waals surface area contributed by atoms with E-state index in [1.165, 1.54) is 16.0 Å². The summed E-state index contributed by atoms with van der Waals surface area (Å²) < 4.78 is 2.53.